The molecule has 0 aromatic heterocycles. The van der Waals surface area contributed by atoms with E-state index in [2.05, 4.69) is 0 Å². The third kappa shape index (κ3) is 4.61. The second-order valence-corrected chi connectivity index (χ2v) is 2.15. The molecule has 1 amide bonds. The van der Waals surface area contributed by atoms with E-state index in [-0.39, 0.29) is 0 Å². The van der Waals surface area contributed by atoms with E-state index in [4.69, 9.17) is 4.84 Å². The second kappa shape index (κ2) is 5.97. The van der Waals surface area contributed by atoms with Crippen LogP contribution in [0, 0.1) is 0 Å². The standard InChI is InChI=1S/C7H15NO3/c1-3-5-6-11-8(4-2)7(9)10/h3-6H2,1-2H3,(H,9,10)/p-1. The monoisotopic (exact) mass is 160 g/mol. The fourth-order valence-corrected chi connectivity index (χ4v) is 0.592. The number of carbonyl (C=O) groups is 1. The first kappa shape index (κ1) is 10.2. The van der Waals surface area contributed by atoms with Gasteiger partial charge in [0.1, 0.15) is 0 Å². The van der Waals surface area contributed by atoms with Gasteiger partial charge < -0.3 is 9.90 Å². The number of nitrogens with zero attached hydrogens (tertiary/aromatic N) is 1. The number of carboxylic acid groups (broad SMARTS) is 1. The van der Waals surface area contributed by atoms with Gasteiger partial charge in [0, 0.05) is 6.54 Å². The van der Waals surface area contributed by atoms with E-state index in [9.17, 15) is 9.90 Å². The molecular formula is C7H14NO3-. The summed E-state index contributed by atoms with van der Waals surface area (Å²) in [5.41, 5.74) is 0. The van der Waals surface area contributed by atoms with Gasteiger partial charge in [0.25, 0.3) is 0 Å². The first-order chi connectivity index (χ1) is 5.22. The number of carbonyl (C=O) groups excluding carboxylic acids is 1. The summed E-state index contributed by atoms with van der Waals surface area (Å²) in [6.07, 6.45) is 0.581. The van der Waals surface area contributed by atoms with Crippen LogP contribution in [0.4, 0.5) is 4.79 Å². The molecule has 0 aliphatic heterocycles. The van der Waals surface area contributed by atoms with Crippen molar-refractivity contribution in [2.45, 2.75) is 26.7 Å². The van der Waals surface area contributed by atoms with Crippen LogP contribution in [0.5, 0.6) is 0 Å². The number of rotatable bonds is 5. The lowest BCUT2D eigenvalue weighted by Crippen LogP contribution is -2.41. The first-order valence-corrected chi connectivity index (χ1v) is 3.83. The van der Waals surface area contributed by atoms with Crippen LogP contribution < -0.4 is 5.11 Å². The summed E-state index contributed by atoms with van der Waals surface area (Å²) in [6, 6.07) is 0. The molecule has 0 N–H and O–H groups in total. The summed E-state index contributed by atoms with van der Waals surface area (Å²) >= 11 is 0. The maximum absolute atomic E-state index is 10.2. The topological polar surface area (TPSA) is 52.6 Å². The minimum Gasteiger partial charge on any atom is -0.528 e. The molecule has 0 spiro atoms. The highest BCUT2D eigenvalue weighted by Gasteiger charge is 1.99. The van der Waals surface area contributed by atoms with Crippen LogP contribution in [0.2, 0.25) is 0 Å². The molecule has 0 aromatic carbocycles. The number of amides is 1. The molecule has 0 saturated heterocycles. The fraction of sp³-hybridized carbons (Fsp3) is 0.857. The third-order valence-electron chi connectivity index (χ3n) is 1.24. The number of hydrogen-bond acceptors (Lipinski definition) is 3. The van der Waals surface area contributed by atoms with Gasteiger partial charge in [-0.3, -0.25) is 4.84 Å². The zero-order chi connectivity index (χ0) is 8.69. The van der Waals surface area contributed by atoms with E-state index >= 15 is 0 Å². The molecular weight excluding hydrogens is 146 g/mol. The predicted octanol–water partition coefficient (Wildman–Crippen LogP) is 0.383. The number of hydrogen-bond donors (Lipinski definition) is 0. The van der Waals surface area contributed by atoms with Crippen molar-refractivity contribution in [1.82, 2.24) is 5.06 Å². The van der Waals surface area contributed by atoms with Crippen molar-refractivity contribution in [2.24, 2.45) is 0 Å². The number of unbranched alkanes of at least 4 members (excludes halogenated alkanes) is 1. The zero-order valence-electron chi connectivity index (χ0n) is 7.00. The molecule has 0 aliphatic rings. The van der Waals surface area contributed by atoms with Crippen LogP contribution in [0.15, 0.2) is 0 Å². The summed E-state index contributed by atoms with van der Waals surface area (Å²) in [6.45, 7) is 4.46. The Morgan fingerprint density at radius 2 is 2.18 bits per heavy atom. The average molecular weight is 160 g/mol. The molecule has 0 aromatic rings. The normalized spacial score (nSPS) is 9.64. The maximum atomic E-state index is 10.2. The molecule has 0 atom stereocenters. The Kier molecular flexibility index (Phi) is 5.56. The molecule has 4 heteroatoms. The van der Waals surface area contributed by atoms with Crippen LogP contribution in [0.1, 0.15) is 26.7 Å². The van der Waals surface area contributed by atoms with E-state index in [1.807, 2.05) is 6.92 Å². The quantitative estimate of drug-likeness (QED) is 0.431. The van der Waals surface area contributed by atoms with E-state index in [1.165, 1.54) is 0 Å². The van der Waals surface area contributed by atoms with Crippen molar-refractivity contribution < 1.29 is 14.7 Å². The minimum absolute atomic E-state index is 0.312. The smallest absolute Gasteiger partial charge is 0.162 e. The summed E-state index contributed by atoms with van der Waals surface area (Å²) in [4.78, 5) is 15.1. The van der Waals surface area contributed by atoms with Gasteiger partial charge in [0.05, 0.1) is 6.61 Å². The summed E-state index contributed by atoms with van der Waals surface area (Å²) in [5, 5.41) is 11.0. The molecule has 0 rings (SSSR count). The molecule has 0 fully saturated rings. The Morgan fingerprint density at radius 1 is 1.55 bits per heavy atom. The Morgan fingerprint density at radius 3 is 2.55 bits per heavy atom. The van der Waals surface area contributed by atoms with E-state index in [0.717, 1.165) is 17.9 Å². The molecule has 4 nitrogen and oxygen atoms in total. The maximum Gasteiger partial charge on any atom is 0.162 e. The Balaban J connectivity index is 3.44. The van der Waals surface area contributed by atoms with Crippen molar-refractivity contribution in [3.63, 3.8) is 0 Å². The predicted molar refractivity (Wildman–Crippen MR) is 38.6 cm³/mol. The molecule has 66 valence electrons. The van der Waals surface area contributed by atoms with Crippen LogP contribution in [0.3, 0.4) is 0 Å². The summed E-state index contributed by atoms with van der Waals surface area (Å²) < 4.78 is 0. The highest BCUT2D eigenvalue weighted by molar-refractivity contribution is 5.60. The van der Waals surface area contributed by atoms with Crippen LogP contribution >= 0.6 is 0 Å². The highest BCUT2D eigenvalue weighted by Crippen LogP contribution is 1.93. The molecule has 11 heavy (non-hydrogen) atoms. The van der Waals surface area contributed by atoms with Gasteiger partial charge >= 0.3 is 0 Å². The van der Waals surface area contributed by atoms with Gasteiger partial charge in [-0.25, -0.2) is 5.06 Å². The first-order valence-electron chi connectivity index (χ1n) is 3.83. The summed E-state index contributed by atoms with van der Waals surface area (Å²) in [5.74, 6) is 0. The van der Waals surface area contributed by atoms with Crippen LogP contribution in [-0.2, 0) is 4.84 Å². The van der Waals surface area contributed by atoms with Crippen molar-refractivity contribution in [2.75, 3.05) is 13.2 Å². The van der Waals surface area contributed by atoms with Crippen molar-refractivity contribution in [3.8, 4) is 0 Å². The number of hydroxylamine groups is 2. The lowest BCUT2D eigenvalue weighted by Gasteiger charge is -2.21. The molecule has 0 bridgehead atoms. The molecule has 0 unspecified atom stereocenters. The largest absolute Gasteiger partial charge is 0.528 e. The Labute approximate surface area is 66.7 Å². The van der Waals surface area contributed by atoms with E-state index < -0.39 is 6.09 Å². The van der Waals surface area contributed by atoms with Gasteiger partial charge in [-0.05, 0) is 13.3 Å². The van der Waals surface area contributed by atoms with Gasteiger partial charge in [0.2, 0.25) is 0 Å². The van der Waals surface area contributed by atoms with Gasteiger partial charge in [0.15, 0.2) is 6.09 Å². The molecule has 0 saturated carbocycles. The van der Waals surface area contributed by atoms with Gasteiger partial charge in [-0.1, -0.05) is 13.3 Å². The van der Waals surface area contributed by atoms with Crippen LogP contribution in [0.25, 0.3) is 0 Å². The van der Waals surface area contributed by atoms with Crippen molar-refractivity contribution in [3.05, 3.63) is 0 Å². The van der Waals surface area contributed by atoms with Crippen molar-refractivity contribution >= 4 is 6.09 Å². The SMILES string of the molecule is CCCCON(CC)C(=O)[O-]. The molecule has 0 radical (unpaired) electrons. The van der Waals surface area contributed by atoms with Gasteiger partial charge in [-0.15, -0.1) is 0 Å². The zero-order valence-corrected chi connectivity index (χ0v) is 7.00. The Hall–Kier alpha value is -0.770. The second-order valence-electron chi connectivity index (χ2n) is 2.15. The molecule has 0 heterocycles. The van der Waals surface area contributed by atoms with Crippen LogP contribution in [-0.4, -0.2) is 24.3 Å². The highest BCUT2D eigenvalue weighted by atomic mass is 16.7. The van der Waals surface area contributed by atoms with Crippen molar-refractivity contribution in [1.29, 1.82) is 0 Å². The minimum atomic E-state index is -1.27. The average Bonchev–Trinajstić information content (AvgIpc) is 1.97. The van der Waals surface area contributed by atoms with Gasteiger partial charge in [-0.2, -0.15) is 0 Å². The lowest BCUT2D eigenvalue weighted by molar-refractivity contribution is -0.302. The fourth-order valence-electron chi connectivity index (χ4n) is 0.592. The lowest BCUT2D eigenvalue weighted by atomic mass is 10.4. The third-order valence-corrected chi connectivity index (χ3v) is 1.24. The van der Waals surface area contributed by atoms with E-state index in [1.54, 1.807) is 6.92 Å². The van der Waals surface area contributed by atoms with E-state index in [0.29, 0.717) is 13.2 Å². The Bertz CT molecular complexity index is 116. The molecule has 0 aliphatic carbocycles. The summed E-state index contributed by atoms with van der Waals surface area (Å²) in [7, 11) is 0.